The van der Waals surface area contributed by atoms with Crippen LogP contribution in [-0.2, 0) is 0 Å². The van der Waals surface area contributed by atoms with Crippen LogP contribution in [0.4, 0.5) is 0 Å². The Morgan fingerprint density at radius 1 is 1.11 bits per heavy atom. The van der Waals surface area contributed by atoms with Gasteiger partial charge >= 0.3 is 0 Å². The first-order chi connectivity index (χ1) is 8.60. The molecule has 1 aromatic heterocycles. The molecule has 0 aliphatic heterocycles. The summed E-state index contributed by atoms with van der Waals surface area (Å²) in [5.41, 5.74) is 4.02. The van der Waals surface area contributed by atoms with Crippen LogP contribution in [-0.4, -0.2) is 13.6 Å². The first kappa shape index (κ1) is 13.3. The molecule has 0 fully saturated rings. The summed E-state index contributed by atoms with van der Waals surface area (Å²) in [5, 5.41) is 3.24. The van der Waals surface area contributed by atoms with E-state index in [-0.39, 0.29) is 0 Å². The van der Waals surface area contributed by atoms with Crippen molar-refractivity contribution in [2.24, 2.45) is 0 Å². The smallest absolute Gasteiger partial charge is 0.0345 e. The highest BCUT2D eigenvalue weighted by atomic mass is 32.1. The second-order valence-corrected chi connectivity index (χ2v) is 6.15. The fourth-order valence-electron chi connectivity index (χ4n) is 2.30. The lowest BCUT2D eigenvalue weighted by Gasteiger charge is -2.07. The predicted octanol–water partition coefficient (Wildman–Crippen LogP) is 4.35. The van der Waals surface area contributed by atoms with Crippen LogP contribution < -0.4 is 5.32 Å². The number of benzene rings is 1. The number of nitrogens with one attached hydrogen (secondary N) is 1. The van der Waals surface area contributed by atoms with Gasteiger partial charge in [-0.15, -0.1) is 11.3 Å². The summed E-state index contributed by atoms with van der Waals surface area (Å²) in [5.74, 6) is 0.583. The zero-order valence-corrected chi connectivity index (χ0v) is 12.4. The standard InChI is InChI=1S/C16H21NS/c1-11-7-12(2)9-14(8-11)16-6-5-15(18-16)13(3)10-17-4/h5-9,13,17H,10H2,1-4H3. The van der Waals surface area contributed by atoms with Gasteiger partial charge in [-0.05, 0) is 38.6 Å². The summed E-state index contributed by atoms with van der Waals surface area (Å²) >= 11 is 1.91. The van der Waals surface area contributed by atoms with Gasteiger partial charge in [0.2, 0.25) is 0 Å². The van der Waals surface area contributed by atoms with Crippen molar-refractivity contribution in [1.82, 2.24) is 5.32 Å². The van der Waals surface area contributed by atoms with E-state index in [0.29, 0.717) is 5.92 Å². The molecule has 0 aliphatic carbocycles. The van der Waals surface area contributed by atoms with Crippen molar-refractivity contribution >= 4 is 11.3 Å². The molecule has 0 saturated carbocycles. The SMILES string of the molecule is CNCC(C)c1ccc(-c2cc(C)cc(C)c2)s1. The number of aryl methyl sites for hydroxylation is 2. The van der Waals surface area contributed by atoms with Gasteiger partial charge in [-0.1, -0.05) is 36.2 Å². The van der Waals surface area contributed by atoms with Gasteiger partial charge in [-0.2, -0.15) is 0 Å². The number of rotatable bonds is 4. The number of thiophene rings is 1. The molecule has 2 rings (SSSR count). The van der Waals surface area contributed by atoms with Crippen molar-refractivity contribution in [3.05, 3.63) is 46.3 Å². The van der Waals surface area contributed by atoms with Gasteiger partial charge in [-0.3, -0.25) is 0 Å². The van der Waals surface area contributed by atoms with E-state index in [9.17, 15) is 0 Å². The zero-order valence-electron chi connectivity index (χ0n) is 11.6. The third-order valence-corrected chi connectivity index (χ3v) is 4.49. The van der Waals surface area contributed by atoms with Crippen LogP contribution in [0.15, 0.2) is 30.3 Å². The first-order valence-electron chi connectivity index (χ1n) is 6.43. The summed E-state index contributed by atoms with van der Waals surface area (Å²) < 4.78 is 0. The lowest BCUT2D eigenvalue weighted by atomic mass is 10.1. The summed E-state index contributed by atoms with van der Waals surface area (Å²) in [6.45, 7) is 7.63. The fourth-order valence-corrected chi connectivity index (χ4v) is 3.34. The number of likely N-dealkylation sites (N-methyl/N-ethyl adjacent to an activating group) is 1. The Morgan fingerprint density at radius 2 is 1.78 bits per heavy atom. The van der Waals surface area contributed by atoms with Crippen molar-refractivity contribution in [2.75, 3.05) is 13.6 Å². The fraction of sp³-hybridized carbons (Fsp3) is 0.375. The van der Waals surface area contributed by atoms with Crippen LogP contribution in [0.2, 0.25) is 0 Å². The van der Waals surface area contributed by atoms with E-state index in [1.54, 1.807) is 0 Å². The molecule has 0 spiro atoms. The molecule has 18 heavy (non-hydrogen) atoms. The van der Waals surface area contributed by atoms with Crippen LogP contribution in [0.1, 0.15) is 28.8 Å². The monoisotopic (exact) mass is 259 g/mol. The minimum Gasteiger partial charge on any atom is -0.319 e. The van der Waals surface area contributed by atoms with Gasteiger partial charge in [0, 0.05) is 22.2 Å². The summed E-state index contributed by atoms with van der Waals surface area (Å²) in [6, 6.07) is 11.3. The Balaban J connectivity index is 2.29. The average Bonchev–Trinajstić information content (AvgIpc) is 2.77. The molecule has 1 aromatic carbocycles. The van der Waals surface area contributed by atoms with Gasteiger partial charge in [-0.25, -0.2) is 0 Å². The molecule has 0 saturated heterocycles. The first-order valence-corrected chi connectivity index (χ1v) is 7.25. The molecule has 2 aromatic rings. The van der Waals surface area contributed by atoms with E-state index < -0.39 is 0 Å². The maximum atomic E-state index is 3.24. The van der Waals surface area contributed by atoms with Crippen molar-refractivity contribution in [1.29, 1.82) is 0 Å². The summed E-state index contributed by atoms with van der Waals surface area (Å²) in [6.07, 6.45) is 0. The van der Waals surface area contributed by atoms with Crippen molar-refractivity contribution < 1.29 is 0 Å². The zero-order chi connectivity index (χ0) is 13.1. The molecule has 0 bridgehead atoms. The van der Waals surface area contributed by atoms with Gasteiger partial charge in [0.25, 0.3) is 0 Å². The van der Waals surface area contributed by atoms with Gasteiger partial charge in [0.1, 0.15) is 0 Å². The van der Waals surface area contributed by atoms with Crippen molar-refractivity contribution in [2.45, 2.75) is 26.7 Å². The predicted molar refractivity (Wildman–Crippen MR) is 81.6 cm³/mol. The topological polar surface area (TPSA) is 12.0 Å². The molecule has 96 valence electrons. The third kappa shape index (κ3) is 3.01. The van der Waals surface area contributed by atoms with E-state index >= 15 is 0 Å². The summed E-state index contributed by atoms with van der Waals surface area (Å²) in [4.78, 5) is 2.83. The lowest BCUT2D eigenvalue weighted by molar-refractivity contribution is 0.687. The largest absolute Gasteiger partial charge is 0.319 e. The third-order valence-electron chi connectivity index (χ3n) is 3.13. The van der Waals surface area contributed by atoms with Gasteiger partial charge < -0.3 is 5.32 Å². The highest BCUT2D eigenvalue weighted by molar-refractivity contribution is 7.15. The Hall–Kier alpha value is -1.12. The normalized spacial score (nSPS) is 12.7. The molecule has 1 unspecified atom stereocenters. The van der Waals surface area contributed by atoms with Crippen LogP contribution >= 0.6 is 11.3 Å². The van der Waals surface area contributed by atoms with Gasteiger partial charge in [0.05, 0.1) is 0 Å². The quantitative estimate of drug-likeness (QED) is 0.860. The van der Waals surface area contributed by atoms with Crippen LogP contribution in [0, 0.1) is 13.8 Å². The Kier molecular flexibility index (Phi) is 4.20. The van der Waals surface area contributed by atoms with E-state index in [1.807, 2.05) is 18.4 Å². The molecule has 1 heterocycles. The molecule has 0 aliphatic rings. The molecule has 0 radical (unpaired) electrons. The Morgan fingerprint density at radius 3 is 2.39 bits per heavy atom. The van der Waals surface area contributed by atoms with Crippen molar-refractivity contribution in [3.63, 3.8) is 0 Å². The van der Waals surface area contributed by atoms with E-state index in [4.69, 9.17) is 0 Å². The van der Waals surface area contributed by atoms with E-state index in [1.165, 1.54) is 26.4 Å². The molecule has 2 heteroatoms. The van der Waals surface area contributed by atoms with Crippen molar-refractivity contribution in [3.8, 4) is 10.4 Å². The molecular formula is C16H21NS. The molecule has 0 amide bonds. The van der Waals surface area contributed by atoms with E-state index in [2.05, 4.69) is 56.4 Å². The maximum absolute atomic E-state index is 3.24. The second kappa shape index (κ2) is 5.68. The highest BCUT2D eigenvalue weighted by Crippen LogP contribution is 2.32. The molecule has 1 N–H and O–H groups in total. The Bertz CT molecular complexity index is 507. The maximum Gasteiger partial charge on any atom is 0.0345 e. The minimum absolute atomic E-state index is 0.583. The van der Waals surface area contributed by atoms with Crippen LogP contribution in [0.3, 0.4) is 0 Å². The second-order valence-electron chi connectivity index (χ2n) is 5.04. The highest BCUT2D eigenvalue weighted by Gasteiger charge is 2.09. The molecular weight excluding hydrogens is 238 g/mol. The Labute approximate surface area is 114 Å². The number of hydrogen-bond donors (Lipinski definition) is 1. The minimum atomic E-state index is 0.583. The van der Waals surface area contributed by atoms with E-state index in [0.717, 1.165) is 6.54 Å². The lowest BCUT2D eigenvalue weighted by Crippen LogP contribution is -2.13. The van der Waals surface area contributed by atoms with Crippen LogP contribution in [0.5, 0.6) is 0 Å². The van der Waals surface area contributed by atoms with Gasteiger partial charge in [0.15, 0.2) is 0 Å². The summed E-state index contributed by atoms with van der Waals surface area (Å²) in [7, 11) is 2.01. The number of hydrogen-bond acceptors (Lipinski definition) is 2. The average molecular weight is 259 g/mol. The molecule has 1 nitrogen and oxygen atoms in total. The van der Waals surface area contributed by atoms with Crippen LogP contribution in [0.25, 0.3) is 10.4 Å². The molecule has 1 atom stereocenters.